The Balaban J connectivity index is 1.43. The summed E-state index contributed by atoms with van der Waals surface area (Å²) in [6.07, 6.45) is -0.187. The number of nitro groups is 1. The number of halogens is 1. The minimum atomic E-state index is -0.546. The molecule has 9 heteroatoms. The number of non-ortho nitro benzene ring substituents is 1. The van der Waals surface area contributed by atoms with Gasteiger partial charge in [-0.2, -0.15) is 0 Å². The first-order valence-corrected chi connectivity index (χ1v) is 10.4. The van der Waals surface area contributed by atoms with Crippen LogP contribution in [0.1, 0.15) is 21.7 Å². The molecule has 0 bridgehead atoms. The molecule has 0 aliphatic carbocycles. The summed E-state index contributed by atoms with van der Waals surface area (Å²) in [7, 11) is 0. The third-order valence-electron chi connectivity index (χ3n) is 5.31. The van der Waals surface area contributed by atoms with E-state index in [1.807, 2.05) is 48.7 Å². The Morgan fingerprint density at radius 1 is 1.22 bits per heavy atom. The Hall–Kier alpha value is -3.52. The number of para-hydroxylation sites is 2. The fourth-order valence-electron chi connectivity index (χ4n) is 3.66. The number of aryl methyl sites for hydroxylation is 1. The molecule has 4 rings (SSSR count). The highest BCUT2D eigenvalue weighted by atomic mass is 35.5. The molecule has 166 valence electrons. The molecule has 0 fully saturated rings. The van der Waals surface area contributed by atoms with Crippen LogP contribution in [0.4, 0.5) is 5.69 Å². The van der Waals surface area contributed by atoms with Crippen LogP contribution < -0.4 is 14.2 Å². The molecule has 1 aliphatic heterocycles. The monoisotopic (exact) mass is 456 g/mol. The maximum atomic E-state index is 12.8. The number of hydrogen-bond donors (Lipinski definition) is 0. The first-order chi connectivity index (χ1) is 15.3. The molecule has 0 N–H and O–H groups in total. The van der Waals surface area contributed by atoms with Crippen molar-refractivity contribution >= 4 is 23.1 Å². The fraction of sp³-hybridized carbons (Fsp3) is 0.261. The van der Waals surface area contributed by atoms with E-state index in [9.17, 15) is 14.9 Å². The van der Waals surface area contributed by atoms with Gasteiger partial charge in [0.25, 0.3) is 5.69 Å². The third-order valence-corrected chi connectivity index (χ3v) is 5.61. The Labute approximate surface area is 189 Å². The van der Waals surface area contributed by atoms with Crippen LogP contribution in [0, 0.1) is 24.0 Å². The molecule has 1 aromatic heterocycles. The van der Waals surface area contributed by atoms with E-state index in [0.29, 0.717) is 24.5 Å². The SMILES string of the molecule is Cc1cc(C(=O)COc2ccc([N+](=O)[O-])cc2Cl)c(C)n1C[C@@H]1COc2ccccc2O1. The molecule has 0 amide bonds. The Kier molecular flexibility index (Phi) is 6.05. The van der Waals surface area contributed by atoms with Crippen LogP contribution in [-0.4, -0.2) is 34.6 Å². The van der Waals surface area contributed by atoms with Crippen LogP contribution in [0.3, 0.4) is 0 Å². The van der Waals surface area contributed by atoms with Crippen LogP contribution in [0.15, 0.2) is 48.5 Å². The number of aromatic nitrogens is 1. The standard InChI is InChI=1S/C23H21ClN2O6/c1-14-9-18(20(27)13-31-21-8-7-16(26(28)29)10-19(21)24)15(2)25(14)11-17-12-30-22-5-3-4-6-23(22)32-17/h3-10,17H,11-13H2,1-2H3/t17-/m1/s1. The van der Waals surface area contributed by atoms with Crippen LogP contribution >= 0.6 is 11.6 Å². The van der Waals surface area contributed by atoms with Crippen molar-refractivity contribution in [2.75, 3.05) is 13.2 Å². The van der Waals surface area contributed by atoms with Crippen molar-refractivity contribution in [1.82, 2.24) is 4.57 Å². The number of benzene rings is 2. The van der Waals surface area contributed by atoms with Gasteiger partial charge in [-0.3, -0.25) is 14.9 Å². The zero-order valence-corrected chi connectivity index (χ0v) is 18.3. The van der Waals surface area contributed by atoms with Gasteiger partial charge in [-0.1, -0.05) is 23.7 Å². The highest BCUT2D eigenvalue weighted by Gasteiger charge is 2.24. The summed E-state index contributed by atoms with van der Waals surface area (Å²) in [5.74, 6) is 1.43. The molecule has 3 aromatic rings. The topological polar surface area (TPSA) is 92.8 Å². The predicted molar refractivity (Wildman–Crippen MR) is 118 cm³/mol. The lowest BCUT2D eigenvalue weighted by molar-refractivity contribution is -0.384. The fourth-order valence-corrected chi connectivity index (χ4v) is 3.89. The van der Waals surface area contributed by atoms with E-state index in [1.54, 1.807) is 0 Å². The second-order valence-corrected chi connectivity index (χ2v) is 7.88. The van der Waals surface area contributed by atoms with Crippen molar-refractivity contribution in [2.24, 2.45) is 0 Å². The minimum Gasteiger partial charge on any atom is -0.486 e. The Bertz CT molecular complexity index is 1190. The number of nitro benzene ring substituents is 1. The van der Waals surface area contributed by atoms with E-state index in [0.717, 1.165) is 17.1 Å². The number of ketones is 1. The second kappa shape index (κ2) is 8.92. The number of carbonyl (C=O) groups excluding carboxylic acids is 1. The highest BCUT2D eigenvalue weighted by molar-refractivity contribution is 6.32. The first-order valence-electron chi connectivity index (χ1n) is 9.98. The lowest BCUT2D eigenvalue weighted by atomic mass is 10.1. The van der Waals surface area contributed by atoms with Gasteiger partial charge in [0.15, 0.2) is 24.2 Å². The lowest BCUT2D eigenvalue weighted by Crippen LogP contribution is -2.33. The molecule has 0 spiro atoms. The van der Waals surface area contributed by atoms with Crippen LogP contribution in [0.2, 0.25) is 5.02 Å². The summed E-state index contributed by atoms with van der Waals surface area (Å²) in [6, 6.07) is 13.2. The number of carbonyl (C=O) groups is 1. The highest BCUT2D eigenvalue weighted by Crippen LogP contribution is 2.32. The largest absolute Gasteiger partial charge is 0.486 e. The van der Waals surface area contributed by atoms with Gasteiger partial charge in [0.05, 0.1) is 16.5 Å². The molecule has 0 saturated carbocycles. The maximum Gasteiger partial charge on any atom is 0.271 e. The normalized spacial score (nSPS) is 14.8. The van der Waals surface area contributed by atoms with Gasteiger partial charge in [-0.15, -0.1) is 0 Å². The van der Waals surface area contributed by atoms with Crippen molar-refractivity contribution in [1.29, 1.82) is 0 Å². The molecule has 2 heterocycles. The lowest BCUT2D eigenvalue weighted by Gasteiger charge is -2.27. The number of fused-ring (bicyclic) bond motifs is 1. The average molecular weight is 457 g/mol. The van der Waals surface area contributed by atoms with Crippen LogP contribution in [-0.2, 0) is 6.54 Å². The van der Waals surface area contributed by atoms with Crippen LogP contribution in [0.25, 0.3) is 0 Å². The zero-order valence-electron chi connectivity index (χ0n) is 17.5. The predicted octanol–water partition coefficient (Wildman–Crippen LogP) is 4.77. The molecule has 0 unspecified atom stereocenters. The van der Waals surface area contributed by atoms with E-state index in [1.165, 1.54) is 18.2 Å². The molecule has 2 aromatic carbocycles. The second-order valence-electron chi connectivity index (χ2n) is 7.48. The molecular weight excluding hydrogens is 436 g/mol. The van der Waals surface area contributed by atoms with E-state index in [4.69, 9.17) is 25.8 Å². The number of ether oxygens (including phenoxy) is 3. The molecule has 1 atom stereocenters. The molecule has 1 aliphatic rings. The Morgan fingerprint density at radius 3 is 2.69 bits per heavy atom. The quantitative estimate of drug-likeness (QED) is 0.289. The summed E-state index contributed by atoms with van der Waals surface area (Å²) in [5.41, 5.74) is 2.11. The van der Waals surface area contributed by atoms with E-state index >= 15 is 0 Å². The van der Waals surface area contributed by atoms with Crippen molar-refractivity contribution in [3.8, 4) is 17.2 Å². The summed E-state index contributed by atoms with van der Waals surface area (Å²) < 4.78 is 19.4. The van der Waals surface area contributed by atoms with Gasteiger partial charge in [0.1, 0.15) is 12.4 Å². The number of rotatable bonds is 7. The molecule has 0 radical (unpaired) electrons. The van der Waals surface area contributed by atoms with Gasteiger partial charge in [0, 0.05) is 29.1 Å². The Morgan fingerprint density at radius 2 is 1.97 bits per heavy atom. The first kappa shape index (κ1) is 21.7. The van der Waals surface area contributed by atoms with Crippen molar-refractivity contribution in [2.45, 2.75) is 26.5 Å². The van der Waals surface area contributed by atoms with Crippen LogP contribution in [0.5, 0.6) is 17.2 Å². The summed E-state index contributed by atoms with van der Waals surface area (Å²) in [6.45, 7) is 4.51. The smallest absolute Gasteiger partial charge is 0.271 e. The van der Waals surface area contributed by atoms with Gasteiger partial charge >= 0.3 is 0 Å². The molecule has 32 heavy (non-hydrogen) atoms. The van der Waals surface area contributed by atoms with Gasteiger partial charge in [0.2, 0.25) is 5.78 Å². The van der Waals surface area contributed by atoms with E-state index in [-0.39, 0.29) is 35.0 Å². The van der Waals surface area contributed by atoms with Crippen molar-refractivity contribution in [3.63, 3.8) is 0 Å². The summed E-state index contributed by atoms with van der Waals surface area (Å²) >= 11 is 6.04. The van der Waals surface area contributed by atoms with Gasteiger partial charge in [-0.25, -0.2) is 0 Å². The van der Waals surface area contributed by atoms with E-state index in [2.05, 4.69) is 0 Å². The van der Waals surface area contributed by atoms with Gasteiger partial charge < -0.3 is 18.8 Å². The number of hydrogen-bond acceptors (Lipinski definition) is 6. The average Bonchev–Trinajstić information content (AvgIpc) is 3.06. The van der Waals surface area contributed by atoms with E-state index < -0.39 is 4.92 Å². The molecular formula is C23H21ClN2O6. The zero-order chi connectivity index (χ0) is 22.8. The number of Topliss-reactive ketones (excluding diaryl/α,β-unsaturated/α-hetero) is 1. The molecule has 8 nitrogen and oxygen atoms in total. The van der Waals surface area contributed by atoms with Gasteiger partial charge in [-0.05, 0) is 38.1 Å². The summed E-state index contributed by atoms with van der Waals surface area (Å²) in [4.78, 5) is 23.1. The van der Waals surface area contributed by atoms with Crippen molar-refractivity contribution < 1.29 is 23.9 Å². The molecule has 0 saturated heterocycles. The van der Waals surface area contributed by atoms with Crippen molar-refractivity contribution in [3.05, 3.63) is 80.6 Å². The number of nitrogens with zero attached hydrogens (tertiary/aromatic N) is 2. The minimum absolute atomic E-state index is 0.0761. The third kappa shape index (κ3) is 4.40. The maximum absolute atomic E-state index is 12.8. The summed E-state index contributed by atoms with van der Waals surface area (Å²) in [5, 5.41) is 10.9.